The molecule has 1 aromatic heterocycles. The second kappa shape index (κ2) is 4.83. The van der Waals surface area contributed by atoms with Crippen molar-refractivity contribution in [3.63, 3.8) is 0 Å². The Hall–Kier alpha value is -2.37. The number of carbonyl (C=O) groups is 1. The molecule has 2 N–H and O–H groups in total. The fourth-order valence-electron chi connectivity index (χ4n) is 3.35. The molecule has 2 aromatic rings. The van der Waals surface area contributed by atoms with Gasteiger partial charge in [-0.1, -0.05) is 6.92 Å². The smallest absolute Gasteiger partial charge is 0.314 e. The van der Waals surface area contributed by atoms with Gasteiger partial charge in [-0.2, -0.15) is 0 Å². The van der Waals surface area contributed by atoms with Crippen molar-refractivity contribution < 1.29 is 4.79 Å². The Morgan fingerprint density at radius 2 is 1.82 bits per heavy atom. The van der Waals surface area contributed by atoms with E-state index >= 15 is 0 Å². The predicted molar refractivity (Wildman–Crippen MR) is 84.1 cm³/mol. The van der Waals surface area contributed by atoms with E-state index in [-0.39, 0.29) is 11.4 Å². The number of H-pyrrole nitrogens is 2. The van der Waals surface area contributed by atoms with Crippen LogP contribution in [0.1, 0.15) is 37.6 Å². The lowest BCUT2D eigenvalue weighted by atomic mass is 9.97. The lowest BCUT2D eigenvalue weighted by Gasteiger charge is -2.31. The first-order valence-corrected chi connectivity index (χ1v) is 7.36. The van der Waals surface area contributed by atoms with Gasteiger partial charge in [0.1, 0.15) is 0 Å². The summed E-state index contributed by atoms with van der Waals surface area (Å²) in [6, 6.07) is 4.94. The molecule has 116 valence electrons. The predicted octanol–water partition coefficient (Wildman–Crippen LogP) is 1.48. The zero-order chi connectivity index (χ0) is 16.1. The number of aromatic amines is 2. The van der Waals surface area contributed by atoms with Crippen molar-refractivity contribution in [2.75, 3.05) is 6.54 Å². The van der Waals surface area contributed by atoms with E-state index in [1.807, 2.05) is 4.90 Å². The minimum atomic E-state index is -0.716. The molecule has 1 aromatic carbocycles. The van der Waals surface area contributed by atoms with E-state index in [1.165, 1.54) is 0 Å². The van der Waals surface area contributed by atoms with Crippen LogP contribution in [-0.2, 0) is 0 Å². The van der Waals surface area contributed by atoms with E-state index in [9.17, 15) is 14.4 Å². The molecular formula is C16H19N3O3. The van der Waals surface area contributed by atoms with Crippen molar-refractivity contribution >= 4 is 16.9 Å². The highest BCUT2D eigenvalue weighted by atomic mass is 16.2. The fourth-order valence-corrected chi connectivity index (χ4v) is 3.35. The summed E-state index contributed by atoms with van der Waals surface area (Å²) < 4.78 is 0. The largest absolute Gasteiger partial charge is 0.333 e. The normalized spacial score (nSPS) is 20.5. The summed E-state index contributed by atoms with van der Waals surface area (Å²) in [5.74, 6) is 0.416. The zero-order valence-electron chi connectivity index (χ0n) is 12.9. The van der Waals surface area contributed by atoms with Gasteiger partial charge in [0, 0.05) is 17.6 Å². The van der Waals surface area contributed by atoms with Crippen molar-refractivity contribution in [3.8, 4) is 0 Å². The lowest BCUT2D eigenvalue weighted by molar-refractivity contribution is 0.0650. The highest BCUT2D eigenvalue weighted by Crippen LogP contribution is 2.33. The molecule has 1 fully saturated rings. The van der Waals surface area contributed by atoms with Crippen LogP contribution in [0.5, 0.6) is 0 Å². The summed E-state index contributed by atoms with van der Waals surface area (Å²) in [6.45, 7) is 6.99. The second-order valence-corrected chi connectivity index (χ2v) is 6.71. The van der Waals surface area contributed by atoms with Gasteiger partial charge in [0.2, 0.25) is 0 Å². The third-order valence-electron chi connectivity index (χ3n) is 4.29. The minimum Gasteiger partial charge on any atom is -0.333 e. The summed E-state index contributed by atoms with van der Waals surface area (Å²) >= 11 is 0. The molecule has 1 unspecified atom stereocenters. The van der Waals surface area contributed by atoms with Gasteiger partial charge in [-0.15, -0.1) is 0 Å². The number of likely N-dealkylation sites (tertiary alicyclic amines) is 1. The maximum absolute atomic E-state index is 12.8. The summed E-state index contributed by atoms with van der Waals surface area (Å²) in [5.41, 5.74) is -0.106. The van der Waals surface area contributed by atoms with Crippen LogP contribution in [0.4, 0.5) is 0 Å². The average Bonchev–Trinajstić information content (AvgIpc) is 2.71. The molecule has 1 saturated heterocycles. The van der Waals surface area contributed by atoms with Crippen molar-refractivity contribution in [3.05, 3.63) is 44.5 Å². The molecular weight excluding hydrogens is 282 g/mol. The zero-order valence-corrected chi connectivity index (χ0v) is 12.9. The number of fused-ring (bicyclic) bond motifs is 1. The summed E-state index contributed by atoms with van der Waals surface area (Å²) in [6.07, 6.45) is 0.969. The SMILES string of the molecule is CC1CN(C(=O)c2ccc3[nH]c(=O)c(=O)[nH]c3c2)C(C)(C)C1. The van der Waals surface area contributed by atoms with E-state index in [4.69, 9.17) is 0 Å². The van der Waals surface area contributed by atoms with E-state index < -0.39 is 11.1 Å². The van der Waals surface area contributed by atoms with Crippen molar-refractivity contribution in [2.24, 2.45) is 5.92 Å². The first-order chi connectivity index (χ1) is 10.3. The van der Waals surface area contributed by atoms with Crippen LogP contribution in [0.15, 0.2) is 27.8 Å². The van der Waals surface area contributed by atoms with E-state index in [1.54, 1.807) is 18.2 Å². The quantitative estimate of drug-likeness (QED) is 0.782. The lowest BCUT2D eigenvalue weighted by Crippen LogP contribution is -2.42. The second-order valence-electron chi connectivity index (χ2n) is 6.71. The number of nitrogens with zero attached hydrogens (tertiary/aromatic N) is 1. The maximum Gasteiger partial charge on any atom is 0.314 e. The van der Waals surface area contributed by atoms with Gasteiger partial charge in [0.15, 0.2) is 0 Å². The number of amides is 1. The average molecular weight is 301 g/mol. The van der Waals surface area contributed by atoms with Crippen LogP contribution in [0.2, 0.25) is 0 Å². The van der Waals surface area contributed by atoms with Crippen LogP contribution >= 0.6 is 0 Å². The number of hydrogen-bond donors (Lipinski definition) is 2. The molecule has 0 radical (unpaired) electrons. The first-order valence-electron chi connectivity index (χ1n) is 7.36. The topological polar surface area (TPSA) is 86.0 Å². The van der Waals surface area contributed by atoms with Crippen molar-refractivity contribution in [2.45, 2.75) is 32.7 Å². The molecule has 0 bridgehead atoms. The molecule has 2 heterocycles. The van der Waals surface area contributed by atoms with Crippen LogP contribution in [0.25, 0.3) is 11.0 Å². The Morgan fingerprint density at radius 1 is 1.18 bits per heavy atom. The standard InChI is InChI=1S/C16H19N3O3/c1-9-7-16(2,3)19(8-9)15(22)10-4-5-11-12(6-10)18-14(21)13(20)17-11/h4-6,9H,7-8H2,1-3H3,(H,17,20)(H,18,21). The molecule has 0 saturated carbocycles. The molecule has 1 aliphatic heterocycles. The molecule has 6 heteroatoms. The van der Waals surface area contributed by atoms with Gasteiger partial charge >= 0.3 is 11.1 Å². The number of carbonyl (C=O) groups excluding carboxylic acids is 1. The van der Waals surface area contributed by atoms with Crippen LogP contribution in [0.3, 0.4) is 0 Å². The van der Waals surface area contributed by atoms with Crippen LogP contribution < -0.4 is 11.1 Å². The molecule has 3 rings (SSSR count). The molecule has 22 heavy (non-hydrogen) atoms. The summed E-state index contributed by atoms with van der Waals surface area (Å²) in [4.78, 5) is 42.4. The van der Waals surface area contributed by atoms with Crippen molar-refractivity contribution in [1.82, 2.24) is 14.9 Å². The molecule has 1 amide bonds. The highest BCUT2D eigenvalue weighted by molar-refractivity contribution is 5.97. The maximum atomic E-state index is 12.8. The number of hydrogen-bond acceptors (Lipinski definition) is 3. The number of aromatic nitrogens is 2. The van der Waals surface area contributed by atoms with E-state index in [0.29, 0.717) is 22.5 Å². The summed E-state index contributed by atoms with van der Waals surface area (Å²) in [5, 5.41) is 0. The number of benzene rings is 1. The Morgan fingerprint density at radius 3 is 2.41 bits per heavy atom. The Balaban J connectivity index is 2.03. The van der Waals surface area contributed by atoms with Gasteiger partial charge in [0.05, 0.1) is 11.0 Å². The molecule has 0 aliphatic carbocycles. The van der Waals surface area contributed by atoms with Gasteiger partial charge in [-0.25, -0.2) is 0 Å². The Labute approximate surface area is 127 Å². The van der Waals surface area contributed by atoms with Gasteiger partial charge in [-0.3, -0.25) is 14.4 Å². The van der Waals surface area contributed by atoms with Gasteiger partial charge in [-0.05, 0) is 44.4 Å². The third-order valence-corrected chi connectivity index (χ3v) is 4.29. The number of rotatable bonds is 1. The number of nitrogens with one attached hydrogen (secondary N) is 2. The third kappa shape index (κ3) is 2.34. The van der Waals surface area contributed by atoms with E-state index in [2.05, 4.69) is 30.7 Å². The highest BCUT2D eigenvalue weighted by Gasteiger charge is 2.39. The fraction of sp³-hybridized carbons (Fsp3) is 0.438. The molecule has 1 atom stereocenters. The summed E-state index contributed by atoms with van der Waals surface area (Å²) in [7, 11) is 0. The molecule has 0 spiro atoms. The van der Waals surface area contributed by atoms with Crippen LogP contribution in [-0.4, -0.2) is 32.9 Å². The first kappa shape index (κ1) is 14.6. The Bertz CT molecular complexity index is 863. The molecule has 1 aliphatic rings. The van der Waals surface area contributed by atoms with E-state index in [0.717, 1.165) is 13.0 Å². The van der Waals surface area contributed by atoms with Crippen molar-refractivity contribution in [1.29, 1.82) is 0 Å². The van der Waals surface area contributed by atoms with Crippen LogP contribution in [0, 0.1) is 5.92 Å². The minimum absolute atomic E-state index is 0.0525. The monoisotopic (exact) mass is 301 g/mol. The van der Waals surface area contributed by atoms with Gasteiger partial charge in [0.25, 0.3) is 5.91 Å². The van der Waals surface area contributed by atoms with Gasteiger partial charge < -0.3 is 14.9 Å². The Kier molecular flexibility index (Phi) is 3.20. The molecule has 6 nitrogen and oxygen atoms in total.